The summed E-state index contributed by atoms with van der Waals surface area (Å²) in [5, 5.41) is 10.9. The van der Waals surface area contributed by atoms with Gasteiger partial charge in [0.2, 0.25) is 0 Å². The molecule has 3 rings (SSSR count). The summed E-state index contributed by atoms with van der Waals surface area (Å²) in [5.74, 6) is -3.29. The molecular weight excluding hydrogens is 352 g/mol. The first kappa shape index (κ1) is 19.8. The molecule has 3 heterocycles. The maximum absolute atomic E-state index is 12.3. The van der Waals surface area contributed by atoms with Crippen LogP contribution in [0, 0.1) is 5.92 Å². The average Bonchev–Trinajstić information content (AvgIpc) is 3.01. The second-order valence-corrected chi connectivity index (χ2v) is 7.95. The van der Waals surface area contributed by atoms with E-state index < -0.39 is 47.6 Å². The van der Waals surface area contributed by atoms with Crippen LogP contribution in [0.25, 0.3) is 0 Å². The van der Waals surface area contributed by atoms with Crippen molar-refractivity contribution in [1.29, 1.82) is 0 Å². The summed E-state index contributed by atoms with van der Waals surface area (Å²) in [7, 11) is 1.52. The number of hydrogen-bond donors (Lipinski definition) is 1. The fourth-order valence-corrected chi connectivity index (χ4v) is 4.28. The zero-order valence-electron chi connectivity index (χ0n) is 15.9. The monoisotopic (exact) mass is 378 g/mol. The zero-order chi connectivity index (χ0) is 20.1. The fourth-order valence-electron chi connectivity index (χ4n) is 4.28. The van der Waals surface area contributed by atoms with Crippen molar-refractivity contribution in [1.82, 2.24) is 0 Å². The highest BCUT2D eigenvalue weighted by atomic mass is 16.7. The van der Waals surface area contributed by atoms with Gasteiger partial charge in [0, 0.05) is 37.5 Å². The molecule has 0 amide bonds. The van der Waals surface area contributed by atoms with E-state index in [9.17, 15) is 14.7 Å². The highest BCUT2D eigenvalue weighted by Gasteiger charge is 2.62. The lowest BCUT2D eigenvalue weighted by Gasteiger charge is -2.35. The van der Waals surface area contributed by atoms with Crippen molar-refractivity contribution in [3.63, 3.8) is 0 Å². The number of rotatable bonds is 3. The van der Waals surface area contributed by atoms with Gasteiger partial charge >= 0.3 is 11.9 Å². The summed E-state index contributed by atoms with van der Waals surface area (Å²) in [6, 6.07) is 0. The Balaban J connectivity index is 2.06. The normalized spacial score (nSPS) is 41.3. The highest BCUT2D eigenvalue weighted by Crippen LogP contribution is 2.50. The maximum atomic E-state index is 12.3. The largest absolute Gasteiger partial charge is 0.458 e. The molecule has 3 saturated heterocycles. The van der Waals surface area contributed by atoms with E-state index in [4.69, 9.17) is 18.9 Å². The lowest BCUT2D eigenvalue weighted by atomic mass is 9.78. The van der Waals surface area contributed by atoms with Crippen LogP contribution >= 0.6 is 0 Å². The summed E-state index contributed by atoms with van der Waals surface area (Å²) in [4.78, 5) is 24.5. The quantitative estimate of drug-likeness (QED) is 0.455. The van der Waals surface area contributed by atoms with Crippen LogP contribution in [0.3, 0.4) is 0 Å². The molecule has 6 atom stereocenters. The number of ether oxygens (including phenoxy) is 4. The number of aliphatic hydroxyl groups is 1. The Kier molecular flexibility index (Phi) is 4.82. The van der Waals surface area contributed by atoms with E-state index in [0.717, 1.165) is 0 Å². The average molecular weight is 378 g/mol. The molecule has 2 bridgehead atoms. The van der Waals surface area contributed by atoms with Crippen LogP contribution < -0.4 is 0 Å². The van der Waals surface area contributed by atoms with E-state index in [0.29, 0.717) is 5.57 Å². The molecule has 27 heavy (non-hydrogen) atoms. The van der Waals surface area contributed by atoms with Crippen molar-refractivity contribution in [2.75, 3.05) is 7.11 Å². The number of fused-ring (bicyclic) bond motifs is 4. The molecule has 0 aromatic heterocycles. The van der Waals surface area contributed by atoms with Gasteiger partial charge in [-0.3, -0.25) is 0 Å². The topological polar surface area (TPSA) is 91.3 Å². The van der Waals surface area contributed by atoms with E-state index in [1.54, 1.807) is 13.8 Å². The molecule has 0 aromatic rings. The van der Waals surface area contributed by atoms with Gasteiger partial charge < -0.3 is 24.1 Å². The van der Waals surface area contributed by atoms with Crippen molar-refractivity contribution < 1.29 is 33.6 Å². The lowest BCUT2D eigenvalue weighted by Crippen LogP contribution is -2.49. The van der Waals surface area contributed by atoms with E-state index in [1.807, 2.05) is 0 Å². The second kappa shape index (κ2) is 6.58. The van der Waals surface area contributed by atoms with Crippen LogP contribution in [-0.2, 0) is 28.5 Å². The van der Waals surface area contributed by atoms with Crippen molar-refractivity contribution in [3.8, 4) is 0 Å². The molecule has 0 aliphatic carbocycles. The number of methoxy groups -OCH3 is 1. The van der Waals surface area contributed by atoms with Gasteiger partial charge in [-0.1, -0.05) is 25.3 Å². The van der Waals surface area contributed by atoms with E-state index in [1.165, 1.54) is 7.11 Å². The molecule has 0 spiro atoms. The number of hydrogen-bond acceptors (Lipinski definition) is 7. The number of carbonyl (C=O) groups excluding carboxylic acids is 2. The van der Waals surface area contributed by atoms with Gasteiger partial charge in [-0.15, -0.1) is 0 Å². The fraction of sp³-hybridized carbons (Fsp3) is 0.600. The first-order valence-corrected chi connectivity index (χ1v) is 8.88. The Morgan fingerprint density at radius 2 is 2.04 bits per heavy atom. The van der Waals surface area contributed by atoms with Gasteiger partial charge in [-0.2, -0.15) is 0 Å². The summed E-state index contributed by atoms with van der Waals surface area (Å²) >= 11 is 0. The van der Waals surface area contributed by atoms with Crippen LogP contribution in [-0.4, -0.2) is 53.9 Å². The lowest BCUT2D eigenvalue weighted by molar-refractivity contribution is -0.217. The minimum absolute atomic E-state index is 0.156. The van der Waals surface area contributed by atoms with Crippen LogP contribution in [0.15, 0.2) is 36.5 Å². The minimum atomic E-state index is -1.50. The molecule has 3 aliphatic heterocycles. The molecule has 0 saturated carbocycles. The Labute approximate surface area is 158 Å². The third-order valence-electron chi connectivity index (χ3n) is 5.63. The van der Waals surface area contributed by atoms with Crippen LogP contribution in [0.4, 0.5) is 0 Å². The molecule has 7 nitrogen and oxygen atoms in total. The van der Waals surface area contributed by atoms with E-state index in [-0.39, 0.29) is 30.4 Å². The van der Waals surface area contributed by atoms with Gasteiger partial charge in [0.05, 0.1) is 5.92 Å². The van der Waals surface area contributed by atoms with E-state index >= 15 is 0 Å². The Hall–Kier alpha value is -1.96. The molecule has 1 N–H and O–H groups in total. The maximum Gasteiger partial charge on any atom is 0.334 e. The van der Waals surface area contributed by atoms with Crippen molar-refractivity contribution in [2.24, 2.45) is 5.92 Å². The molecular formula is C20H26O7. The van der Waals surface area contributed by atoms with Crippen LogP contribution in [0.1, 0.15) is 33.1 Å². The highest BCUT2D eigenvalue weighted by molar-refractivity contribution is 5.91. The molecule has 0 aromatic carbocycles. The zero-order valence-corrected chi connectivity index (χ0v) is 15.9. The Bertz CT molecular complexity index is 726. The van der Waals surface area contributed by atoms with Gasteiger partial charge in [0.25, 0.3) is 0 Å². The SMILES string of the molecule is C=C1C[C@H](OC(=O)C(=C)C)[C@H]2C(=C)C(=O)O[C@@H]2[C@@H]2O[C@@](O)(C1)C[C@@]2(C)OC. The second-order valence-electron chi connectivity index (χ2n) is 7.95. The summed E-state index contributed by atoms with van der Waals surface area (Å²) in [6.45, 7) is 14.8. The predicted octanol–water partition coefficient (Wildman–Crippen LogP) is 1.80. The standard InChI is InChI=1S/C20H26O7/c1-10(2)17(21)25-13-7-11(3)8-20(23)9-19(5,24-6)16(27-20)15-14(13)12(4)18(22)26-15/h13-16,23H,1,3-4,7-9H2,2,5-6H3/t13-,14+,15-,16-,19+,20-/m0/s1. The van der Waals surface area contributed by atoms with Gasteiger partial charge in [-0.05, 0) is 13.8 Å². The minimum Gasteiger partial charge on any atom is -0.458 e. The molecule has 0 unspecified atom stereocenters. The van der Waals surface area contributed by atoms with Crippen molar-refractivity contribution in [3.05, 3.63) is 36.5 Å². The van der Waals surface area contributed by atoms with Crippen LogP contribution in [0.2, 0.25) is 0 Å². The first-order valence-electron chi connectivity index (χ1n) is 8.88. The predicted molar refractivity (Wildman–Crippen MR) is 95.4 cm³/mol. The summed E-state index contributed by atoms with van der Waals surface area (Å²) in [6.07, 6.45) is -1.70. The van der Waals surface area contributed by atoms with Crippen molar-refractivity contribution >= 4 is 11.9 Å². The first-order chi connectivity index (χ1) is 12.5. The van der Waals surface area contributed by atoms with E-state index in [2.05, 4.69) is 19.7 Å². The van der Waals surface area contributed by atoms with Crippen molar-refractivity contribution in [2.45, 2.75) is 62.8 Å². The molecule has 148 valence electrons. The summed E-state index contributed by atoms with van der Waals surface area (Å²) < 4.78 is 22.8. The molecule has 0 radical (unpaired) electrons. The smallest absolute Gasteiger partial charge is 0.334 e. The number of carbonyl (C=O) groups is 2. The van der Waals surface area contributed by atoms with Crippen LogP contribution in [0.5, 0.6) is 0 Å². The van der Waals surface area contributed by atoms with Gasteiger partial charge in [-0.25, -0.2) is 9.59 Å². The Morgan fingerprint density at radius 3 is 2.63 bits per heavy atom. The molecule has 7 heteroatoms. The third kappa shape index (κ3) is 3.35. The van der Waals surface area contributed by atoms with Gasteiger partial charge in [0.1, 0.15) is 23.9 Å². The third-order valence-corrected chi connectivity index (χ3v) is 5.63. The van der Waals surface area contributed by atoms with Gasteiger partial charge in [0.15, 0.2) is 5.79 Å². The molecule has 3 fully saturated rings. The molecule has 3 aliphatic rings. The Morgan fingerprint density at radius 1 is 1.37 bits per heavy atom. The number of esters is 2. The summed E-state index contributed by atoms with van der Waals surface area (Å²) in [5.41, 5.74) is 0.171.